The maximum absolute atomic E-state index is 13.0. The molecule has 7 heteroatoms. The molecule has 0 aliphatic rings. The first-order chi connectivity index (χ1) is 9.90. The zero-order valence-electron chi connectivity index (χ0n) is 10.6. The van der Waals surface area contributed by atoms with Crippen LogP contribution in [0.5, 0.6) is 0 Å². The molecule has 0 saturated carbocycles. The zero-order valence-corrected chi connectivity index (χ0v) is 12.2. The molecule has 3 nitrogen and oxygen atoms in total. The van der Waals surface area contributed by atoms with Gasteiger partial charge in [-0.2, -0.15) is 18.4 Å². The topological polar surface area (TPSA) is 48.7 Å². The van der Waals surface area contributed by atoms with Crippen LogP contribution in [0.15, 0.2) is 41.0 Å². The average molecular weight is 356 g/mol. The van der Waals surface area contributed by atoms with Crippen LogP contribution in [-0.4, -0.2) is 4.98 Å². The molecule has 1 heterocycles. The van der Waals surface area contributed by atoms with E-state index in [0.717, 1.165) is 10.5 Å². The number of alkyl halides is 3. The molecule has 2 aromatic rings. The molecule has 1 N–H and O–H groups in total. The highest BCUT2D eigenvalue weighted by Gasteiger charge is 2.33. The van der Waals surface area contributed by atoms with Crippen molar-refractivity contribution in [3.05, 3.63) is 57.8 Å². The van der Waals surface area contributed by atoms with Crippen LogP contribution in [0.1, 0.15) is 16.8 Å². The summed E-state index contributed by atoms with van der Waals surface area (Å²) in [5, 5.41) is 11.4. The molecule has 0 saturated heterocycles. The Hall–Kier alpha value is -2.07. The first kappa shape index (κ1) is 15.3. The number of nitrogens with one attached hydrogen (secondary N) is 1. The molecule has 2 rings (SSSR count). The van der Waals surface area contributed by atoms with E-state index in [1.165, 1.54) is 12.1 Å². The average Bonchev–Trinajstić information content (AvgIpc) is 2.45. The van der Waals surface area contributed by atoms with Crippen LogP contribution < -0.4 is 5.32 Å². The third-order valence-electron chi connectivity index (χ3n) is 2.70. The summed E-state index contributed by atoms with van der Waals surface area (Å²) in [5.41, 5.74) is -0.366. The summed E-state index contributed by atoms with van der Waals surface area (Å²) >= 11 is 3.23. The monoisotopic (exact) mass is 355 g/mol. The quantitative estimate of drug-likeness (QED) is 0.890. The van der Waals surface area contributed by atoms with Crippen LogP contribution in [0.25, 0.3) is 0 Å². The number of hydrogen-bond acceptors (Lipinski definition) is 3. The molecule has 0 unspecified atom stereocenters. The molecule has 0 radical (unpaired) electrons. The van der Waals surface area contributed by atoms with E-state index in [1.54, 1.807) is 24.4 Å². The molecule has 1 aromatic carbocycles. The van der Waals surface area contributed by atoms with Crippen molar-refractivity contribution in [1.82, 2.24) is 4.98 Å². The van der Waals surface area contributed by atoms with Gasteiger partial charge >= 0.3 is 6.18 Å². The van der Waals surface area contributed by atoms with Crippen LogP contribution in [0.2, 0.25) is 0 Å². The van der Waals surface area contributed by atoms with Gasteiger partial charge in [0.2, 0.25) is 0 Å². The predicted octanol–water partition coefficient (Wildman–Crippen LogP) is 4.35. The Balaban J connectivity index is 2.23. The van der Waals surface area contributed by atoms with E-state index in [2.05, 4.69) is 26.2 Å². The van der Waals surface area contributed by atoms with Crippen LogP contribution in [-0.2, 0) is 12.7 Å². The van der Waals surface area contributed by atoms with Crippen molar-refractivity contribution < 1.29 is 13.2 Å². The van der Waals surface area contributed by atoms with Crippen LogP contribution in [0, 0.1) is 11.3 Å². The highest BCUT2D eigenvalue weighted by Crippen LogP contribution is 2.35. The zero-order chi connectivity index (χ0) is 15.5. The van der Waals surface area contributed by atoms with E-state index in [4.69, 9.17) is 5.26 Å². The number of nitriles is 1. The first-order valence-electron chi connectivity index (χ1n) is 5.86. The van der Waals surface area contributed by atoms with Crippen molar-refractivity contribution >= 4 is 21.6 Å². The van der Waals surface area contributed by atoms with E-state index < -0.39 is 11.7 Å². The van der Waals surface area contributed by atoms with E-state index in [0.29, 0.717) is 5.69 Å². The molecule has 0 aliphatic carbocycles. The van der Waals surface area contributed by atoms with Crippen molar-refractivity contribution in [3.63, 3.8) is 0 Å². The highest BCUT2D eigenvalue weighted by atomic mass is 79.9. The summed E-state index contributed by atoms with van der Waals surface area (Å²) in [6.07, 6.45) is -2.96. The Morgan fingerprint density at radius 3 is 2.57 bits per heavy atom. The van der Waals surface area contributed by atoms with Gasteiger partial charge in [0.25, 0.3) is 0 Å². The Labute approximate surface area is 127 Å². The molecule has 0 atom stereocenters. The normalized spacial score (nSPS) is 11.0. The number of hydrogen-bond donors (Lipinski definition) is 1. The van der Waals surface area contributed by atoms with Gasteiger partial charge < -0.3 is 5.32 Å². The van der Waals surface area contributed by atoms with Gasteiger partial charge in [0.1, 0.15) is 0 Å². The van der Waals surface area contributed by atoms with Gasteiger partial charge in [-0.3, -0.25) is 4.98 Å². The number of rotatable bonds is 3. The molecule has 0 aliphatic heterocycles. The van der Waals surface area contributed by atoms with E-state index >= 15 is 0 Å². The van der Waals surface area contributed by atoms with E-state index in [1.807, 2.05) is 0 Å². The van der Waals surface area contributed by atoms with Gasteiger partial charge in [0.05, 0.1) is 29.4 Å². The van der Waals surface area contributed by atoms with Gasteiger partial charge in [0, 0.05) is 16.4 Å². The molecule has 108 valence electrons. The minimum atomic E-state index is -4.53. The number of halogens is 4. The first-order valence-corrected chi connectivity index (χ1v) is 6.65. The molecule has 0 spiro atoms. The van der Waals surface area contributed by atoms with Gasteiger partial charge in [-0.05, 0) is 46.3 Å². The maximum atomic E-state index is 13.0. The smallest absolute Gasteiger partial charge is 0.379 e. The number of anilines is 1. The van der Waals surface area contributed by atoms with Crippen molar-refractivity contribution in [2.24, 2.45) is 0 Å². The van der Waals surface area contributed by atoms with Crippen LogP contribution >= 0.6 is 15.9 Å². The molecule has 0 fully saturated rings. The van der Waals surface area contributed by atoms with Gasteiger partial charge in [-0.1, -0.05) is 0 Å². The lowest BCUT2D eigenvalue weighted by Gasteiger charge is -2.14. The van der Waals surface area contributed by atoms with Crippen molar-refractivity contribution in [2.75, 3.05) is 5.32 Å². The van der Waals surface area contributed by atoms with Gasteiger partial charge in [-0.15, -0.1) is 0 Å². The summed E-state index contributed by atoms with van der Waals surface area (Å²) in [5.74, 6) is 0. The Morgan fingerprint density at radius 1 is 1.24 bits per heavy atom. The van der Waals surface area contributed by atoms with Crippen molar-refractivity contribution in [2.45, 2.75) is 12.7 Å². The summed E-state index contributed by atoms with van der Waals surface area (Å²) in [6, 6.07) is 8.58. The number of pyridine rings is 1. The van der Waals surface area contributed by atoms with E-state index in [-0.39, 0.29) is 17.8 Å². The second-order valence-corrected chi connectivity index (χ2v) is 5.11. The van der Waals surface area contributed by atoms with E-state index in [9.17, 15) is 13.2 Å². The Bertz CT molecular complexity index is 675. The van der Waals surface area contributed by atoms with Crippen LogP contribution in [0.4, 0.5) is 18.9 Å². The summed E-state index contributed by atoms with van der Waals surface area (Å²) in [6.45, 7) is 0.155. The third kappa shape index (κ3) is 3.95. The second kappa shape index (κ2) is 6.14. The largest absolute Gasteiger partial charge is 0.418 e. The Kier molecular flexibility index (Phi) is 4.48. The lowest BCUT2D eigenvalue weighted by atomic mass is 10.1. The molecular formula is C14H9BrF3N3. The molecule has 1 aromatic heterocycles. The lowest BCUT2D eigenvalue weighted by molar-refractivity contribution is -0.137. The summed E-state index contributed by atoms with van der Waals surface area (Å²) in [7, 11) is 0. The maximum Gasteiger partial charge on any atom is 0.418 e. The van der Waals surface area contributed by atoms with Crippen molar-refractivity contribution in [3.8, 4) is 6.07 Å². The molecule has 0 amide bonds. The van der Waals surface area contributed by atoms with Crippen LogP contribution in [0.3, 0.4) is 0 Å². The van der Waals surface area contributed by atoms with Crippen molar-refractivity contribution in [1.29, 1.82) is 5.26 Å². The fourth-order valence-electron chi connectivity index (χ4n) is 1.70. The summed E-state index contributed by atoms with van der Waals surface area (Å²) < 4.78 is 39.7. The lowest BCUT2D eigenvalue weighted by Crippen LogP contribution is -2.11. The van der Waals surface area contributed by atoms with Gasteiger partial charge in [-0.25, -0.2) is 0 Å². The molecule has 0 bridgehead atoms. The minimum Gasteiger partial charge on any atom is -0.379 e. The fraction of sp³-hybridized carbons (Fsp3) is 0.143. The number of aromatic nitrogens is 1. The summed E-state index contributed by atoms with van der Waals surface area (Å²) in [4.78, 5) is 4.08. The number of benzene rings is 1. The fourth-order valence-corrected chi connectivity index (χ4v) is 1.93. The van der Waals surface area contributed by atoms with Gasteiger partial charge in [0.15, 0.2) is 0 Å². The second-order valence-electron chi connectivity index (χ2n) is 4.19. The molecule has 21 heavy (non-hydrogen) atoms. The third-order valence-corrected chi connectivity index (χ3v) is 3.17. The minimum absolute atomic E-state index is 0.0327. The SMILES string of the molecule is N#Cc1ccc(NCc2ccc(Br)cn2)c(C(F)(F)F)c1. The standard InChI is InChI=1S/C14H9BrF3N3/c15-10-2-3-11(20-7-10)8-21-13-4-1-9(6-19)5-12(13)14(16,17)18/h1-5,7,21H,8H2. The highest BCUT2D eigenvalue weighted by molar-refractivity contribution is 9.10. The number of nitrogens with zero attached hydrogens (tertiary/aromatic N) is 2. The predicted molar refractivity (Wildman–Crippen MR) is 75.4 cm³/mol. The molecular weight excluding hydrogens is 347 g/mol. The Morgan fingerprint density at radius 2 is 2.00 bits per heavy atom.